The summed E-state index contributed by atoms with van der Waals surface area (Å²) in [5, 5.41) is 23.5. The Morgan fingerprint density at radius 2 is 1.84 bits per heavy atom. The number of aromatic nitrogens is 1. The van der Waals surface area contributed by atoms with Gasteiger partial charge < -0.3 is 15.6 Å². The number of pyridine rings is 1. The molecule has 2 N–H and O–H groups in total. The summed E-state index contributed by atoms with van der Waals surface area (Å²) in [7, 11) is 0. The molecule has 9 heteroatoms. The van der Waals surface area contributed by atoms with Crippen molar-refractivity contribution in [3.05, 3.63) is 82.3 Å². The zero-order valence-corrected chi connectivity index (χ0v) is 16.9. The van der Waals surface area contributed by atoms with E-state index in [2.05, 4.69) is 10.3 Å². The number of halogens is 3. The molecule has 0 radical (unpaired) electrons. The number of nitrogens with one attached hydrogen (secondary N) is 1. The third kappa shape index (κ3) is 4.19. The van der Waals surface area contributed by atoms with Crippen LogP contribution in [0.4, 0.5) is 24.5 Å². The molecule has 0 aliphatic carbocycles. The van der Waals surface area contributed by atoms with E-state index < -0.39 is 24.3 Å². The van der Waals surface area contributed by atoms with Gasteiger partial charge in [0.2, 0.25) is 5.91 Å². The van der Waals surface area contributed by atoms with Gasteiger partial charge in [0.05, 0.1) is 35.7 Å². The van der Waals surface area contributed by atoms with Crippen molar-refractivity contribution in [2.24, 2.45) is 4.99 Å². The topological polar surface area (TPSA) is 88.6 Å². The van der Waals surface area contributed by atoms with Crippen molar-refractivity contribution >= 4 is 23.0 Å². The van der Waals surface area contributed by atoms with Crippen LogP contribution in [-0.4, -0.2) is 16.7 Å². The van der Waals surface area contributed by atoms with E-state index in [0.717, 1.165) is 28.0 Å². The first-order valence-corrected chi connectivity index (χ1v) is 9.68. The number of carbonyl (C=O) groups excluding carboxylic acids is 1. The summed E-state index contributed by atoms with van der Waals surface area (Å²) in [6.07, 6.45) is -3.41. The third-order valence-corrected chi connectivity index (χ3v) is 5.19. The quantitative estimate of drug-likeness (QED) is 0.470. The van der Waals surface area contributed by atoms with Gasteiger partial charge in [0.25, 0.3) is 0 Å². The summed E-state index contributed by atoms with van der Waals surface area (Å²) in [5.74, 6) is -0.499. The van der Waals surface area contributed by atoms with E-state index in [1.807, 2.05) is 6.07 Å². The summed E-state index contributed by atoms with van der Waals surface area (Å²) in [4.78, 5) is 16.9. The molecule has 0 saturated carbocycles. The Morgan fingerprint density at radius 3 is 2.53 bits per heavy atom. The molecule has 1 aliphatic rings. The molecular formula is C23H18F3N3O3. The molecule has 0 unspecified atom stereocenters. The Hall–Kier alpha value is -3.72. The average molecular weight is 441 g/mol. The molecule has 0 saturated heterocycles. The predicted molar refractivity (Wildman–Crippen MR) is 112 cm³/mol. The summed E-state index contributed by atoms with van der Waals surface area (Å²) in [6, 6.07) is 12.5. The smallest absolute Gasteiger partial charge is 0.416 e. The van der Waals surface area contributed by atoms with Gasteiger partial charge in [-0.1, -0.05) is 18.2 Å². The summed E-state index contributed by atoms with van der Waals surface area (Å²) in [6.45, 7) is 0.869. The Bertz CT molecular complexity index is 1250. The zero-order valence-electron chi connectivity index (χ0n) is 16.9. The molecule has 0 fully saturated rings. The van der Waals surface area contributed by atoms with Crippen LogP contribution in [0.3, 0.4) is 0 Å². The Morgan fingerprint density at radius 1 is 1.12 bits per heavy atom. The summed E-state index contributed by atoms with van der Waals surface area (Å²) < 4.78 is 40.7. The molecule has 1 aromatic heterocycles. The van der Waals surface area contributed by atoms with Crippen molar-refractivity contribution in [1.29, 1.82) is 0 Å². The highest BCUT2D eigenvalue weighted by atomic mass is 19.4. The maximum Gasteiger partial charge on any atom is 0.416 e. The highest BCUT2D eigenvalue weighted by Gasteiger charge is 2.34. The van der Waals surface area contributed by atoms with Crippen LogP contribution in [0.25, 0.3) is 11.1 Å². The fourth-order valence-corrected chi connectivity index (χ4v) is 3.58. The van der Waals surface area contributed by atoms with E-state index in [-0.39, 0.29) is 23.4 Å². The number of amides is 1. The van der Waals surface area contributed by atoms with Gasteiger partial charge >= 0.3 is 6.18 Å². The molecule has 32 heavy (non-hydrogen) atoms. The number of anilines is 1. The maximum atomic E-state index is 13.3. The van der Waals surface area contributed by atoms with Gasteiger partial charge in [0.15, 0.2) is 11.9 Å². The van der Waals surface area contributed by atoms with Gasteiger partial charge in [-0.3, -0.25) is 9.79 Å². The largest absolute Gasteiger partial charge is 0.619 e. The van der Waals surface area contributed by atoms with E-state index in [0.29, 0.717) is 17.0 Å². The molecule has 164 valence electrons. The predicted octanol–water partition coefficient (Wildman–Crippen LogP) is 4.27. The Labute approximate surface area is 181 Å². The monoisotopic (exact) mass is 441 g/mol. The number of aliphatic imine (C=N–C) groups is 1. The van der Waals surface area contributed by atoms with Crippen molar-refractivity contribution < 1.29 is 27.8 Å². The molecule has 4 rings (SSSR count). The van der Waals surface area contributed by atoms with Crippen LogP contribution in [0.5, 0.6) is 0 Å². The first kappa shape index (κ1) is 21.5. The van der Waals surface area contributed by atoms with E-state index in [1.54, 1.807) is 37.3 Å². The highest BCUT2D eigenvalue weighted by Crippen LogP contribution is 2.39. The molecule has 2 aromatic carbocycles. The van der Waals surface area contributed by atoms with Crippen molar-refractivity contribution in [3.63, 3.8) is 0 Å². The molecule has 1 amide bonds. The molecule has 6 nitrogen and oxygen atoms in total. The molecule has 1 aliphatic heterocycles. The van der Waals surface area contributed by atoms with Crippen LogP contribution in [0.1, 0.15) is 28.8 Å². The second kappa shape index (κ2) is 8.08. The Kier molecular flexibility index (Phi) is 5.43. The van der Waals surface area contributed by atoms with Gasteiger partial charge in [0.1, 0.15) is 0 Å². The lowest BCUT2D eigenvalue weighted by atomic mass is 9.99. The maximum absolute atomic E-state index is 13.3. The third-order valence-electron chi connectivity index (χ3n) is 5.19. The number of aliphatic hydroxyl groups is 1. The summed E-state index contributed by atoms with van der Waals surface area (Å²) in [5.41, 5.74) is 1.83. The lowest BCUT2D eigenvalue weighted by Crippen LogP contribution is -2.28. The van der Waals surface area contributed by atoms with Crippen LogP contribution in [0.15, 0.2) is 59.7 Å². The minimum Gasteiger partial charge on any atom is -0.619 e. The second-order valence-corrected chi connectivity index (χ2v) is 7.43. The van der Waals surface area contributed by atoms with E-state index in [9.17, 15) is 28.3 Å². The van der Waals surface area contributed by atoms with E-state index in [4.69, 9.17) is 0 Å². The highest BCUT2D eigenvalue weighted by molar-refractivity contribution is 6.17. The number of aryl methyl sites for hydroxylation is 1. The number of benzene rings is 2. The first-order chi connectivity index (χ1) is 15.2. The van der Waals surface area contributed by atoms with Gasteiger partial charge in [-0.25, -0.2) is 0 Å². The van der Waals surface area contributed by atoms with E-state index >= 15 is 0 Å². The van der Waals surface area contributed by atoms with Gasteiger partial charge in [0, 0.05) is 19.1 Å². The fourth-order valence-electron chi connectivity index (χ4n) is 3.58. The number of hydrogen-bond acceptors (Lipinski definition) is 4. The van der Waals surface area contributed by atoms with Crippen molar-refractivity contribution in [2.75, 3.05) is 5.32 Å². The molecule has 0 bridgehead atoms. The average Bonchev–Trinajstić information content (AvgIpc) is 2.91. The number of rotatable bonds is 3. The lowest BCUT2D eigenvalue weighted by Gasteiger charge is -2.15. The second-order valence-electron chi connectivity index (χ2n) is 7.43. The van der Waals surface area contributed by atoms with Gasteiger partial charge in [-0.15, -0.1) is 0 Å². The Balaban J connectivity index is 1.80. The number of nitrogens with zero attached hydrogens (tertiary/aromatic N) is 2. The van der Waals surface area contributed by atoms with Crippen molar-refractivity contribution in [1.82, 2.24) is 0 Å². The number of hydrogen-bond donors (Lipinski definition) is 2. The van der Waals surface area contributed by atoms with E-state index in [1.165, 1.54) is 6.20 Å². The number of alkyl halides is 3. The van der Waals surface area contributed by atoms with Crippen LogP contribution >= 0.6 is 0 Å². The number of aliphatic hydroxyl groups excluding tert-OH is 1. The molecular weight excluding hydrogens is 423 g/mol. The molecule has 3 aromatic rings. The minimum atomic E-state index is -4.68. The van der Waals surface area contributed by atoms with Gasteiger partial charge in [-0.2, -0.15) is 17.9 Å². The van der Waals surface area contributed by atoms with Crippen LogP contribution < -0.4 is 10.0 Å². The minimum absolute atomic E-state index is 0.0654. The molecule has 2 heterocycles. The SMILES string of the molecule is Cc1cc(-c2cccc(C3=Nc4cc(CO)c(C(F)(F)F)cc4NC(=O)C3)c2)cc[n+]1[O-]. The lowest BCUT2D eigenvalue weighted by molar-refractivity contribution is -0.612. The standard InChI is InChI=1S/C23H18F3N3O3/c1-13-7-15(5-6-29(13)32)14-3-2-4-16(8-14)19-11-22(31)28-21-10-18(23(24,25)26)17(12-30)9-20(21)27-19/h2-10,30H,11-12H2,1H3,(H,28,31). The summed E-state index contributed by atoms with van der Waals surface area (Å²) >= 11 is 0. The van der Waals surface area contributed by atoms with Crippen molar-refractivity contribution in [2.45, 2.75) is 26.1 Å². The fraction of sp³-hybridized carbons (Fsp3) is 0.174. The van der Waals surface area contributed by atoms with Crippen molar-refractivity contribution in [3.8, 4) is 11.1 Å². The van der Waals surface area contributed by atoms with Crippen LogP contribution in [-0.2, 0) is 17.6 Å². The van der Waals surface area contributed by atoms with Crippen LogP contribution in [0, 0.1) is 12.1 Å². The van der Waals surface area contributed by atoms with Crippen LogP contribution in [0.2, 0.25) is 0 Å². The molecule has 0 atom stereocenters. The molecule has 0 spiro atoms. The number of fused-ring (bicyclic) bond motifs is 1. The normalized spacial score (nSPS) is 13.8. The first-order valence-electron chi connectivity index (χ1n) is 9.68. The van der Waals surface area contributed by atoms with Gasteiger partial charge in [-0.05, 0) is 40.5 Å². The number of carbonyl (C=O) groups is 1. The zero-order chi connectivity index (χ0) is 23.0.